The maximum atomic E-state index is 11.6. The van der Waals surface area contributed by atoms with Gasteiger partial charge in [0.25, 0.3) is 0 Å². The van der Waals surface area contributed by atoms with Crippen LogP contribution in [0, 0.1) is 0 Å². The number of halogens is 1. The van der Waals surface area contributed by atoms with Crippen molar-refractivity contribution in [1.29, 1.82) is 0 Å². The fourth-order valence-corrected chi connectivity index (χ4v) is 1.39. The van der Waals surface area contributed by atoms with Crippen molar-refractivity contribution in [2.45, 2.75) is 12.8 Å². The van der Waals surface area contributed by atoms with Crippen molar-refractivity contribution >= 4 is 17.7 Å². The lowest BCUT2D eigenvalue weighted by Crippen LogP contribution is -2.30. The Hall–Kier alpha value is -1.22. The molecule has 0 aliphatic carbocycles. The van der Waals surface area contributed by atoms with E-state index in [1.165, 1.54) is 0 Å². The van der Waals surface area contributed by atoms with E-state index >= 15 is 0 Å². The summed E-state index contributed by atoms with van der Waals surface area (Å²) in [6.45, 7) is 0.665. The number of carbonyl (C=O) groups is 1. The fourth-order valence-electron chi connectivity index (χ4n) is 1.20. The number of nitrogens with zero attached hydrogens (tertiary/aromatic N) is 1. The van der Waals surface area contributed by atoms with E-state index in [1.54, 1.807) is 24.1 Å². The first-order valence-electron chi connectivity index (χ1n) is 5.28. The quantitative estimate of drug-likeness (QED) is 0.586. The predicted octanol–water partition coefficient (Wildman–Crippen LogP) is 3.14. The molecule has 0 N–H and O–H groups in total. The van der Waals surface area contributed by atoms with E-state index < -0.39 is 0 Å². The van der Waals surface area contributed by atoms with Gasteiger partial charge >= 0.3 is 6.09 Å². The summed E-state index contributed by atoms with van der Waals surface area (Å²) >= 11 is 5.56. The second-order valence-electron chi connectivity index (χ2n) is 3.50. The number of benzene rings is 1. The number of hydrogen-bond acceptors (Lipinski definition) is 2. The molecular formula is C12H16ClNO2. The van der Waals surface area contributed by atoms with Crippen LogP contribution >= 0.6 is 11.6 Å². The molecule has 0 unspecified atom stereocenters. The number of carbonyl (C=O) groups excluding carboxylic acids is 1. The summed E-state index contributed by atoms with van der Waals surface area (Å²) in [6, 6.07) is 9.04. The number of para-hydroxylation sites is 1. The summed E-state index contributed by atoms with van der Waals surface area (Å²) in [5, 5.41) is 0. The lowest BCUT2D eigenvalue weighted by molar-refractivity contribution is 0.162. The van der Waals surface area contributed by atoms with Gasteiger partial charge < -0.3 is 9.64 Å². The molecule has 0 spiro atoms. The highest BCUT2D eigenvalue weighted by atomic mass is 35.5. The summed E-state index contributed by atoms with van der Waals surface area (Å²) in [4.78, 5) is 13.1. The smallest absolute Gasteiger partial charge is 0.410 e. The van der Waals surface area contributed by atoms with Gasteiger partial charge in [0.2, 0.25) is 0 Å². The van der Waals surface area contributed by atoms with Crippen molar-refractivity contribution in [3.8, 4) is 5.75 Å². The van der Waals surface area contributed by atoms with Crippen LogP contribution in [0.1, 0.15) is 12.8 Å². The van der Waals surface area contributed by atoms with Gasteiger partial charge in [-0.3, -0.25) is 0 Å². The second kappa shape index (κ2) is 7.12. The Balaban J connectivity index is 2.34. The van der Waals surface area contributed by atoms with Gasteiger partial charge in [0.05, 0.1) is 0 Å². The van der Waals surface area contributed by atoms with E-state index in [2.05, 4.69) is 0 Å². The Morgan fingerprint density at radius 1 is 1.31 bits per heavy atom. The number of rotatable bonds is 5. The van der Waals surface area contributed by atoms with E-state index in [9.17, 15) is 4.79 Å². The van der Waals surface area contributed by atoms with Crippen LogP contribution in [0.2, 0.25) is 0 Å². The molecule has 3 nitrogen and oxygen atoms in total. The molecule has 0 aliphatic heterocycles. The Morgan fingerprint density at radius 2 is 2.00 bits per heavy atom. The van der Waals surface area contributed by atoms with Gasteiger partial charge in [-0.05, 0) is 25.0 Å². The molecule has 1 aromatic rings. The normalized spacial score (nSPS) is 9.88. The zero-order chi connectivity index (χ0) is 11.8. The van der Waals surface area contributed by atoms with E-state index in [4.69, 9.17) is 16.3 Å². The van der Waals surface area contributed by atoms with E-state index in [0.29, 0.717) is 18.2 Å². The van der Waals surface area contributed by atoms with E-state index in [0.717, 1.165) is 12.8 Å². The van der Waals surface area contributed by atoms with Crippen molar-refractivity contribution in [3.05, 3.63) is 30.3 Å². The lowest BCUT2D eigenvalue weighted by Gasteiger charge is -2.16. The molecular weight excluding hydrogens is 226 g/mol. The van der Waals surface area contributed by atoms with Crippen molar-refractivity contribution in [1.82, 2.24) is 4.90 Å². The molecule has 0 atom stereocenters. The molecule has 0 aromatic heterocycles. The van der Waals surface area contributed by atoms with Crippen LogP contribution < -0.4 is 4.74 Å². The topological polar surface area (TPSA) is 29.5 Å². The second-order valence-corrected chi connectivity index (χ2v) is 3.88. The highest BCUT2D eigenvalue weighted by Crippen LogP contribution is 2.09. The zero-order valence-corrected chi connectivity index (χ0v) is 10.1. The van der Waals surface area contributed by atoms with Crippen LogP contribution in [0.3, 0.4) is 0 Å². The number of ether oxygens (including phenoxy) is 1. The molecule has 0 heterocycles. The summed E-state index contributed by atoms with van der Waals surface area (Å²) in [5.74, 6) is 1.19. The summed E-state index contributed by atoms with van der Waals surface area (Å²) in [5.41, 5.74) is 0. The highest BCUT2D eigenvalue weighted by Gasteiger charge is 2.09. The summed E-state index contributed by atoms with van der Waals surface area (Å²) in [6.07, 6.45) is 1.47. The van der Waals surface area contributed by atoms with Gasteiger partial charge in [-0.25, -0.2) is 4.79 Å². The van der Waals surface area contributed by atoms with Crippen molar-refractivity contribution in [3.63, 3.8) is 0 Å². The van der Waals surface area contributed by atoms with E-state index in [1.807, 2.05) is 18.2 Å². The molecule has 1 amide bonds. The monoisotopic (exact) mass is 241 g/mol. The van der Waals surface area contributed by atoms with Gasteiger partial charge in [0, 0.05) is 19.5 Å². The van der Waals surface area contributed by atoms with Crippen molar-refractivity contribution in [2.24, 2.45) is 0 Å². The zero-order valence-electron chi connectivity index (χ0n) is 9.36. The molecule has 1 rings (SSSR count). The molecule has 0 radical (unpaired) electrons. The highest BCUT2D eigenvalue weighted by molar-refractivity contribution is 6.17. The number of hydrogen-bond donors (Lipinski definition) is 0. The van der Waals surface area contributed by atoms with Gasteiger partial charge in [0.1, 0.15) is 5.75 Å². The molecule has 0 fully saturated rings. The van der Waals surface area contributed by atoms with Gasteiger partial charge in [-0.2, -0.15) is 0 Å². The molecule has 4 heteroatoms. The average molecular weight is 242 g/mol. The fraction of sp³-hybridized carbons (Fsp3) is 0.417. The van der Waals surface area contributed by atoms with Crippen LogP contribution in [-0.4, -0.2) is 30.5 Å². The average Bonchev–Trinajstić information content (AvgIpc) is 2.30. The minimum absolute atomic E-state index is 0.333. The van der Waals surface area contributed by atoms with E-state index in [-0.39, 0.29) is 6.09 Å². The maximum absolute atomic E-state index is 11.6. The molecule has 0 saturated carbocycles. The SMILES string of the molecule is CN(CCCCCl)C(=O)Oc1ccccc1. The van der Waals surface area contributed by atoms with Crippen LogP contribution in [0.15, 0.2) is 30.3 Å². The Morgan fingerprint density at radius 3 is 2.62 bits per heavy atom. The Bertz CT molecular complexity index is 316. The predicted molar refractivity (Wildman–Crippen MR) is 65.1 cm³/mol. The lowest BCUT2D eigenvalue weighted by atomic mass is 10.3. The molecule has 0 bridgehead atoms. The van der Waals surface area contributed by atoms with Crippen molar-refractivity contribution in [2.75, 3.05) is 19.5 Å². The number of amides is 1. The first-order chi connectivity index (χ1) is 7.74. The largest absolute Gasteiger partial charge is 0.414 e. The summed E-state index contributed by atoms with van der Waals surface area (Å²) in [7, 11) is 1.72. The van der Waals surface area contributed by atoms with Crippen LogP contribution in [-0.2, 0) is 0 Å². The van der Waals surface area contributed by atoms with Crippen molar-refractivity contribution < 1.29 is 9.53 Å². The number of unbranched alkanes of at least 4 members (excludes halogenated alkanes) is 1. The third-order valence-electron chi connectivity index (χ3n) is 2.14. The molecule has 1 aromatic carbocycles. The minimum Gasteiger partial charge on any atom is -0.410 e. The third kappa shape index (κ3) is 4.53. The van der Waals surface area contributed by atoms with Crippen LogP contribution in [0.4, 0.5) is 4.79 Å². The number of alkyl halides is 1. The van der Waals surface area contributed by atoms with Gasteiger partial charge in [0.15, 0.2) is 0 Å². The maximum Gasteiger partial charge on any atom is 0.414 e. The Labute approximate surface area is 101 Å². The third-order valence-corrected chi connectivity index (χ3v) is 2.40. The molecule has 0 aliphatic rings. The van der Waals surface area contributed by atoms with Gasteiger partial charge in [-0.1, -0.05) is 18.2 Å². The minimum atomic E-state index is -0.333. The van der Waals surface area contributed by atoms with Crippen LogP contribution in [0.25, 0.3) is 0 Å². The Kier molecular flexibility index (Phi) is 5.72. The molecule has 16 heavy (non-hydrogen) atoms. The molecule has 88 valence electrons. The molecule has 0 saturated heterocycles. The first kappa shape index (κ1) is 12.8. The summed E-state index contributed by atoms with van der Waals surface area (Å²) < 4.78 is 5.16. The standard InChI is InChI=1S/C12H16ClNO2/c1-14(10-6-5-9-13)12(15)16-11-7-3-2-4-8-11/h2-4,7-8H,5-6,9-10H2,1H3. The van der Waals surface area contributed by atoms with Crippen LogP contribution in [0.5, 0.6) is 5.75 Å². The first-order valence-corrected chi connectivity index (χ1v) is 5.81. The van der Waals surface area contributed by atoms with Gasteiger partial charge in [-0.15, -0.1) is 11.6 Å².